The van der Waals surface area contributed by atoms with Crippen molar-refractivity contribution in [2.24, 2.45) is 5.92 Å². The molecule has 16 heavy (non-hydrogen) atoms. The maximum Gasteiger partial charge on any atom is 0.273 e. The number of nitrogens with one attached hydrogen (secondary N) is 1. The first-order valence-electron chi connectivity index (χ1n) is 5.53. The van der Waals surface area contributed by atoms with E-state index in [0.717, 1.165) is 12.3 Å². The second kappa shape index (κ2) is 5.25. The first kappa shape index (κ1) is 11.3. The van der Waals surface area contributed by atoms with Gasteiger partial charge in [0.2, 0.25) is 0 Å². The summed E-state index contributed by atoms with van der Waals surface area (Å²) < 4.78 is 0. The van der Waals surface area contributed by atoms with Crippen LogP contribution in [-0.2, 0) is 0 Å². The van der Waals surface area contributed by atoms with Gasteiger partial charge >= 0.3 is 0 Å². The summed E-state index contributed by atoms with van der Waals surface area (Å²) in [6, 6.07) is 1.56. The fourth-order valence-electron chi connectivity index (χ4n) is 1.73. The summed E-state index contributed by atoms with van der Waals surface area (Å²) >= 11 is 5.84. The van der Waals surface area contributed by atoms with Gasteiger partial charge < -0.3 is 5.32 Å². The molecule has 1 aromatic rings. The smallest absolute Gasteiger partial charge is 0.273 e. The third-order valence-corrected chi connectivity index (χ3v) is 3.25. The van der Waals surface area contributed by atoms with Gasteiger partial charge in [-0.25, -0.2) is 0 Å². The zero-order chi connectivity index (χ0) is 11.4. The lowest BCUT2D eigenvalue weighted by Crippen LogP contribution is -2.28. The average molecular weight is 240 g/mol. The minimum atomic E-state index is -0.238. The molecule has 0 unspecified atom stereocenters. The van der Waals surface area contributed by atoms with E-state index in [1.165, 1.54) is 25.5 Å². The van der Waals surface area contributed by atoms with Crippen LogP contribution in [0, 0.1) is 5.92 Å². The fourth-order valence-corrected chi connectivity index (χ4v) is 1.91. The Hall–Kier alpha value is -1.16. The van der Waals surface area contributed by atoms with Crippen molar-refractivity contribution in [1.29, 1.82) is 0 Å². The molecule has 1 heterocycles. The Balaban J connectivity index is 1.81. The van der Waals surface area contributed by atoms with Crippen LogP contribution in [0.2, 0.25) is 5.02 Å². The van der Waals surface area contributed by atoms with E-state index < -0.39 is 0 Å². The molecule has 1 aliphatic carbocycles. The molecule has 86 valence electrons. The molecule has 0 spiro atoms. The molecule has 1 amide bonds. The third kappa shape index (κ3) is 2.70. The maximum absolute atomic E-state index is 11.7. The quantitative estimate of drug-likeness (QED) is 0.875. The summed E-state index contributed by atoms with van der Waals surface area (Å²) in [4.78, 5) is 11.7. The van der Waals surface area contributed by atoms with Crippen LogP contribution in [0.1, 0.15) is 36.2 Å². The van der Waals surface area contributed by atoms with E-state index in [0.29, 0.717) is 11.6 Å². The van der Waals surface area contributed by atoms with Crippen molar-refractivity contribution in [3.8, 4) is 0 Å². The molecule has 1 saturated carbocycles. The first-order chi connectivity index (χ1) is 7.77. The van der Waals surface area contributed by atoms with Gasteiger partial charge in [-0.1, -0.05) is 30.9 Å². The molecule has 2 rings (SSSR count). The molecule has 0 radical (unpaired) electrons. The van der Waals surface area contributed by atoms with Gasteiger partial charge in [0.1, 0.15) is 0 Å². The summed E-state index contributed by atoms with van der Waals surface area (Å²) in [7, 11) is 0. The van der Waals surface area contributed by atoms with Crippen LogP contribution in [0.3, 0.4) is 0 Å². The molecule has 5 heteroatoms. The zero-order valence-electron chi connectivity index (χ0n) is 8.95. The van der Waals surface area contributed by atoms with Crippen LogP contribution in [-0.4, -0.2) is 22.6 Å². The predicted octanol–water partition coefficient (Wildman–Crippen LogP) is 2.05. The Morgan fingerprint density at radius 1 is 1.56 bits per heavy atom. The van der Waals surface area contributed by atoms with Crippen LogP contribution in [0.5, 0.6) is 0 Å². The lowest BCUT2D eigenvalue weighted by Gasteiger charge is -2.25. The minimum Gasteiger partial charge on any atom is -0.351 e. The van der Waals surface area contributed by atoms with Crippen molar-refractivity contribution in [1.82, 2.24) is 15.5 Å². The van der Waals surface area contributed by atoms with Crippen LogP contribution in [0.25, 0.3) is 0 Å². The van der Waals surface area contributed by atoms with Crippen LogP contribution in [0.4, 0.5) is 0 Å². The standard InChI is InChI=1S/C11H14ClN3O/c12-9-5-7-14-15-10(9)11(16)13-6-4-8-2-1-3-8/h5,7-8H,1-4,6H2,(H,13,16). The van der Waals surface area contributed by atoms with Gasteiger partial charge in [-0.3, -0.25) is 4.79 Å². The van der Waals surface area contributed by atoms with E-state index in [9.17, 15) is 4.79 Å². The van der Waals surface area contributed by atoms with Crippen molar-refractivity contribution in [2.45, 2.75) is 25.7 Å². The number of halogens is 1. The van der Waals surface area contributed by atoms with E-state index in [1.54, 1.807) is 6.07 Å². The van der Waals surface area contributed by atoms with E-state index in [-0.39, 0.29) is 11.6 Å². The number of amides is 1. The van der Waals surface area contributed by atoms with Gasteiger partial charge in [0.15, 0.2) is 5.69 Å². The molecule has 0 atom stereocenters. The topological polar surface area (TPSA) is 54.9 Å². The molecule has 1 fully saturated rings. The molecule has 0 bridgehead atoms. The molecular weight excluding hydrogens is 226 g/mol. The summed E-state index contributed by atoms with van der Waals surface area (Å²) in [5, 5.41) is 10.5. The first-order valence-corrected chi connectivity index (χ1v) is 5.90. The van der Waals surface area contributed by atoms with Crippen molar-refractivity contribution >= 4 is 17.5 Å². The zero-order valence-corrected chi connectivity index (χ0v) is 9.70. The third-order valence-electron chi connectivity index (χ3n) is 2.95. The van der Waals surface area contributed by atoms with Gasteiger partial charge in [0.05, 0.1) is 11.2 Å². The number of carbonyl (C=O) groups is 1. The van der Waals surface area contributed by atoms with E-state index in [1.807, 2.05) is 0 Å². The molecule has 0 aliphatic heterocycles. The van der Waals surface area contributed by atoms with Gasteiger partial charge in [-0.15, -0.1) is 5.10 Å². The van der Waals surface area contributed by atoms with Crippen molar-refractivity contribution in [3.63, 3.8) is 0 Å². The number of nitrogens with zero attached hydrogens (tertiary/aromatic N) is 2. The lowest BCUT2D eigenvalue weighted by molar-refractivity contribution is 0.0943. The molecule has 1 aromatic heterocycles. The number of carbonyl (C=O) groups excluding carboxylic acids is 1. The van der Waals surface area contributed by atoms with E-state index >= 15 is 0 Å². The number of hydrogen-bond acceptors (Lipinski definition) is 3. The van der Waals surface area contributed by atoms with Crippen LogP contribution >= 0.6 is 11.6 Å². The second-order valence-corrected chi connectivity index (χ2v) is 4.48. The monoisotopic (exact) mass is 239 g/mol. The second-order valence-electron chi connectivity index (χ2n) is 4.07. The Morgan fingerprint density at radius 3 is 3.00 bits per heavy atom. The van der Waals surface area contributed by atoms with Crippen LogP contribution < -0.4 is 5.32 Å². The average Bonchev–Trinajstić information content (AvgIpc) is 2.22. The SMILES string of the molecule is O=C(NCCC1CCC1)c1nnccc1Cl. The lowest BCUT2D eigenvalue weighted by atomic mass is 9.83. The highest BCUT2D eigenvalue weighted by molar-refractivity contribution is 6.33. The molecule has 1 aliphatic rings. The summed E-state index contributed by atoms with van der Waals surface area (Å²) in [6.07, 6.45) is 6.43. The highest BCUT2D eigenvalue weighted by atomic mass is 35.5. The maximum atomic E-state index is 11.7. The Labute approximate surface area is 99.4 Å². The molecule has 4 nitrogen and oxygen atoms in total. The fraction of sp³-hybridized carbons (Fsp3) is 0.545. The number of hydrogen-bond donors (Lipinski definition) is 1. The van der Waals surface area contributed by atoms with Gasteiger partial charge in [-0.2, -0.15) is 5.10 Å². The normalized spacial score (nSPS) is 15.6. The van der Waals surface area contributed by atoms with Gasteiger partial charge in [0, 0.05) is 6.54 Å². The number of rotatable bonds is 4. The van der Waals surface area contributed by atoms with Crippen molar-refractivity contribution in [2.75, 3.05) is 6.54 Å². The largest absolute Gasteiger partial charge is 0.351 e. The summed E-state index contributed by atoms with van der Waals surface area (Å²) in [5.74, 6) is 0.551. The predicted molar refractivity (Wildman–Crippen MR) is 61.3 cm³/mol. The van der Waals surface area contributed by atoms with E-state index in [2.05, 4.69) is 15.5 Å². The molecular formula is C11H14ClN3O. The summed E-state index contributed by atoms with van der Waals surface area (Å²) in [5.41, 5.74) is 0.206. The molecule has 0 aromatic carbocycles. The van der Waals surface area contributed by atoms with Crippen molar-refractivity contribution in [3.05, 3.63) is 23.0 Å². The molecule has 0 saturated heterocycles. The Bertz CT molecular complexity index is 379. The van der Waals surface area contributed by atoms with E-state index in [4.69, 9.17) is 11.6 Å². The highest BCUT2D eigenvalue weighted by Crippen LogP contribution is 2.28. The molecule has 1 N–H and O–H groups in total. The van der Waals surface area contributed by atoms with Gasteiger partial charge in [-0.05, 0) is 18.4 Å². The van der Waals surface area contributed by atoms with Crippen LogP contribution in [0.15, 0.2) is 12.3 Å². The van der Waals surface area contributed by atoms with Crippen molar-refractivity contribution < 1.29 is 4.79 Å². The highest BCUT2D eigenvalue weighted by Gasteiger charge is 2.18. The minimum absolute atomic E-state index is 0.206. The van der Waals surface area contributed by atoms with Gasteiger partial charge in [0.25, 0.3) is 5.91 Å². The Kier molecular flexibility index (Phi) is 3.72. The Morgan fingerprint density at radius 2 is 2.38 bits per heavy atom. The summed E-state index contributed by atoms with van der Waals surface area (Å²) in [6.45, 7) is 0.691. The number of aromatic nitrogens is 2.